The topological polar surface area (TPSA) is 96.3 Å². The highest BCUT2D eigenvalue weighted by Crippen LogP contribution is 2.16. The Morgan fingerprint density at radius 1 is 0.962 bits per heavy atom. The zero-order valence-corrected chi connectivity index (χ0v) is 14.1. The summed E-state index contributed by atoms with van der Waals surface area (Å²) in [7, 11) is 0. The lowest BCUT2D eigenvalue weighted by molar-refractivity contribution is 0.0996. The Hall–Kier alpha value is -3.61. The van der Waals surface area contributed by atoms with E-state index >= 15 is 0 Å². The highest BCUT2D eigenvalue weighted by Gasteiger charge is 2.10. The van der Waals surface area contributed by atoms with Gasteiger partial charge < -0.3 is 20.4 Å². The summed E-state index contributed by atoms with van der Waals surface area (Å²) in [4.78, 5) is 28.0. The predicted octanol–water partition coefficient (Wildman–Crippen LogP) is 3.81. The molecule has 0 aliphatic rings. The van der Waals surface area contributed by atoms with Gasteiger partial charge in [-0.1, -0.05) is 0 Å². The second kappa shape index (κ2) is 7.98. The molecule has 0 saturated heterocycles. The van der Waals surface area contributed by atoms with Crippen molar-refractivity contribution in [3.63, 3.8) is 0 Å². The minimum absolute atomic E-state index is 0.148. The molecule has 3 N–H and O–H groups in total. The molecular weight excluding hydrogens is 332 g/mol. The van der Waals surface area contributed by atoms with Crippen LogP contribution in [0.4, 0.5) is 16.2 Å². The number of hydrogen-bond donors (Lipinski definition) is 3. The number of anilines is 2. The molecule has 7 heteroatoms. The van der Waals surface area contributed by atoms with Crippen molar-refractivity contribution in [3.8, 4) is 0 Å². The monoisotopic (exact) mass is 350 g/mol. The van der Waals surface area contributed by atoms with Gasteiger partial charge in [-0.05, 0) is 61.0 Å². The number of pyridine rings is 1. The van der Waals surface area contributed by atoms with Gasteiger partial charge in [-0.2, -0.15) is 0 Å². The average molecular weight is 350 g/mol. The number of urea groups is 1. The molecule has 0 bridgehead atoms. The number of benzene rings is 1. The van der Waals surface area contributed by atoms with Crippen molar-refractivity contribution in [3.05, 3.63) is 78.5 Å². The van der Waals surface area contributed by atoms with Gasteiger partial charge in [0.1, 0.15) is 0 Å². The van der Waals surface area contributed by atoms with Crippen LogP contribution in [-0.2, 0) is 0 Å². The average Bonchev–Trinajstić information content (AvgIpc) is 3.19. The Bertz CT molecular complexity index is 862. The smallest absolute Gasteiger partial charge is 0.319 e. The van der Waals surface area contributed by atoms with Crippen LogP contribution < -0.4 is 16.0 Å². The van der Waals surface area contributed by atoms with E-state index in [9.17, 15) is 9.59 Å². The number of aromatic nitrogens is 1. The zero-order valence-electron chi connectivity index (χ0n) is 14.1. The van der Waals surface area contributed by atoms with Crippen LogP contribution in [0.2, 0.25) is 0 Å². The number of hydrogen-bond acceptors (Lipinski definition) is 4. The summed E-state index contributed by atoms with van der Waals surface area (Å²) in [6.07, 6.45) is 4.80. The molecule has 0 spiro atoms. The van der Waals surface area contributed by atoms with Crippen LogP contribution in [-0.4, -0.2) is 16.9 Å². The minimum atomic E-state index is -0.334. The van der Waals surface area contributed by atoms with Crippen LogP contribution in [0.25, 0.3) is 0 Å². The maximum atomic E-state index is 12.1. The van der Waals surface area contributed by atoms with E-state index in [0.29, 0.717) is 11.4 Å². The summed E-state index contributed by atoms with van der Waals surface area (Å²) in [5.41, 5.74) is 2.18. The first-order valence-corrected chi connectivity index (χ1v) is 8.04. The first-order chi connectivity index (χ1) is 12.6. The molecule has 1 aromatic carbocycles. The van der Waals surface area contributed by atoms with E-state index < -0.39 is 0 Å². The second-order valence-electron chi connectivity index (χ2n) is 5.61. The van der Waals surface area contributed by atoms with E-state index in [-0.39, 0.29) is 23.7 Å². The molecule has 0 saturated carbocycles. The molecule has 0 radical (unpaired) electrons. The molecule has 0 fully saturated rings. The van der Waals surface area contributed by atoms with Gasteiger partial charge in [-0.15, -0.1) is 0 Å². The lowest BCUT2D eigenvalue weighted by Gasteiger charge is -2.15. The van der Waals surface area contributed by atoms with Crippen molar-refractivity contribution in [2.45, 2.75) is 13.0 Å². The molecule has 2 heterocycles. The summed E-state index contributed by atoms with van der Waals surface area (Å²) in [6, 6.07) is 13.3. The van der Waals surface area contributed by atoms with Crippen LogP contribution in [0.15, 0.2) is 71.6 Å². The molecule has 2 aromatic heterocycles. The fourth-order valence-electron chi connectivity index (χ4n) is 2.34. The van der Waals surface area contributed by atoms with Crippen LogP contribution in [0.5, 0.6) is 0 Å². The van der Waals surface area contributed by atoms with Crippen molar-refractivity contribution < 1.29 is 14.0 Å². The summed E-state index contributed by atoms with van der Waals surface area (Å²) < 4.78 is 5.04. The number of carbonyl (C=O) groups is 2. The molecule has 7 nitrogen and oxygen atoms in total. The number of rotatable bonds is 5. The van der Waals surface area contributed by atoms with E-state index in [1.807, 2.05) is 19.1 Å². The third-order valence-corrected chi connectivity index (χ3v) is 3.70. The highest BCUT2D eigenvalue weighted by molar-refractivity contribution is 6.02. The Labute approximate surface area is 150 Å². The predicted molar refractivity (Wildman–Crippen MR) is 97.9 cm³/mol. The van der Waals surface area contributed by atoms with E-state index in [4.69, 9.17) is 4.42 Å². The summed E-state index contributed by atoms with van der Waals surface area (Å²) >= 11 is 0. The van der Waals surface area contributed by atoms with Gasteiger partial charge in [-0.25, -0.2) is 4.79 Å². The molecule has 3 rings (SSSR count). The Morgan fingerprint density at radius 2 is 1.62 bits per heavy atom. The van der Waals surface area contributed by atoms with Crippen molar-refractivity contribution in [1.29, 1.82) is 0 Å². The van der Waals surface area contributed by atoms with Gasteiger partial charge in [0.15, 0.2) is 5.76 Å². The molecule has 26 heavy (non-hydrogen) atoms. The molecule has 1 unspecified atom stereocenters. The van der Waals surface area contributed by atoms with E-state index in [2.05, 4.69) is 20.9 Å². The third-order valence-electron chi connectivity index (χ3n) is 3.70. The number of furan rings is 1. The molecule has 3 aromatic rings. The number of nitrogens with zero attached hydrogens (tertiary/aromatic N) is 1. The van der Waals surface area contributed by atoms with Crippen molar-refractivity contribution in [1.82, 2.24) is 10.3 Å². The van der Waals surface area contributed by atoms with Gasteiger partial charge >= 0.3 is 6.03 Å². The van der Waals surface area contributed by atoms with Gasteiger partial charge in [0.2, 0.25) is 0 Å². The van der Waals surface area contributed by atoms with Gasteiger partial charge in [0.25, 0.3) is 5.91 Å². The second-order valence-corrected chi connectivity index (χ2v) is 5.61. The maximum Gasteiger partial charge on any atom is 0.319 e. The molecule has 3 amide bonds. The largest absolute Gasteiger partial charge is 0.459 e. The van der Waals surface area contributed by atoms with Crippen molar-refractivity contribution in [2.75, 3.05) is 10.6 Å². The van der Waals surface area contributed by atoms with E-state index in [0.717, 1.165) is 5.56 Å². The molecule has 0 aliphatic heterocycles. The standard InChI is InChI=1S/C19H18N4O3/c1-13(14-8-10-20-11-9-14)21-19(25)23-16-6-4-15(5-7-16)22-18(24)17-3-2-12-26-17/h2-13H,1H3,(H,22,24)(H2,21,23,25). The van der Waals surface area contributed by atoms with Gasteiger partial charge in [0, 0.05) is 23.8 Å². The quantitative estimate of drug-likeness (QED) is 0.652. The third kappa shape index (κ3) is 4.47. The Balaban J connectivity index is 1.53. The van der Waals surface area contributed by atoms with Crippen LogP contribution in [0.3, 0.4) is 0 Å². The van der Waals surface area contributed by atoms with Gasteiger partial charge in [0.05, 0.1) is 12.3 Å². The fraction of sp³-hybridized carbons (Fsp3) is 0.105. The van der Waals surface area contributed by atoms with Crippen LogP contribution in [0.1, 0.15) is 29.1 Å². The van der Waals surface area contributed by atoms with Crippen LogP contribution in [0, 0.1) is 0 Å². The number of amides is 3. The molecular formula is C19H18N4O3. The lowest BCUT2D eigenvalue weighted by atomic mass is 10.1. The summed E-state index contributed by atoms with van der Waals surface area (Å²) in [5, 5.41) is 8.32. The highest BCUT2D eigenvalue weighted by atomic mass is 16.3. The SMILES string of the molecule is CC(NC(=O)Nc1ccc(NC(=O)c2ccco2)cc1)c1ccncc1. The zero-order chi connectivity index (χ0) is 18.4. The normalized spacial score (nSPS) is 11.4. The first-order valence-electron chi connectivity index (χ1n) is 8.04. The summed E-state index contributed by atoms with van der Waals surface area (Å²) in [5.74, 6) is -0.101. The molecule has 1 atom stereocenters. The fourth-order valence-corrected chi connectivity index (χ4v) is 2.34. The summed E-state index contributed by atoms with van der Waals surface area (Å²) in [6.45, 7) is 1.89. The first kappa shape index (κ1) is 17.2. The number of carbonyl (C=O) groups excluding carboxylic acids is 2. The molecule has 132 valence electrons. The number of nitrogens with one attached hydrogen (secondary N) is 3. The Kier molecular flexibility index (Phi) is 5.28. The lowest BCUT2D eigenvalue weighted by Crippen LogP contribution is -2.31. The van der Waals surface area contributed by atoms with Crippen molar-refractivity contribution in [2.24, 2.45) is 0 Å². The van der Waals surface area contributed by atoms with Gasteiger partial charge in [-0.3, -0.25) is 9.78 Å². The minimum Gasteiger partial charge on any atom is -0.459 e. The van der Waals surface area contributed by atoms with Crippen molar-refractivity contribution >= 4 is 23.3 Å². The Morgan fingerprint density at radius 3 is 2.23 bits per heavy atom. The van der Waals surface area contributed by atoms with E-state index in [1.54, 1.807) is 48.8 Å². The van der Waals surface area contributed by atoms with E-state index in [1.165, 1.54) is 6.26 Å². The maximum absolute atomic E-state index is 12.1. The molecule has 0 aliphatic carbocycles. The van der Waals surface area contributed by atoms with Crippen LogP contribution >= 0.6 is 0 Å².